The molecule has 1 heterocycles. The van der Waals surface area contributed by atoms with E-state index in [-0.39, 0.29) is 6.61 Å². The lowest BCUT2D eigenvalue weighted by Gasteiger charge is -2.02. The molecule has 58 valence electrons. The second kappa shape index (κ2) is 3.03. The molecule has 6 heteroatoms. The number of ether oxygens (including phenoxy) is 2. The summed E-state index contributed by atoms with van der Waals surface area (Å²) in [6, 6.07) is 0. The van der Waals surface area contributed by atoms with Crippen molar-refractivity contribution in [3.8, 4) is 0 Å². The number of cyclic esters (lactones) is 2. The molecule has 2 atom stereocenters. The van der Waals surface area contributed by atoms with E-state index in [1.807, 2.05) is 0 Å². The van der Waals surface area contributed by atoms with Crippen LogP contribution in [0.2, 0.25) is 0 Å². The van der Waals surface area contributed by atoms with Gasteiger partial charge in [-0.15, -0.1) is 0 Å². The lowest BCUT2D eigenvalue weighted by molar-refractivity contribution is 0.127. The summed E-state index contributed by atoms with van der Waals surface area (Å²) in [4.78, 5) is 10.3. The van der Waals surface area contributed by atoms with Crippen molar-refractivity contribution in [1.29, 1.82) is 0 Å². The summed E-state index contributed by atoms with van der Waals surface area (Å²) in [5.74, 6) is -0.692. The normalized spacial score (nSPS) is 27.3. The highest BCUT2D eigenvalue weighted by molar-refractivity contribution is 7.39. The van der Waals surface area contributed by atoms with E-state index < -0.39 is 20.0 Å². The summed E-state index contributed by atoms with van der Waals surface area (Å²) in [5.41, 5.74) is 0. The van der Waals surface area contributed by atoms with Gasteiger partial charge in [0.25, 0.3) is 0 Å². The Kier molecular flexibility index (Phi) is 2.29. The molecule has 0 aromatic carbocycles. The number of carbonyl (C=O) groups excluding carboxylic acids is 1. The molecular formula is C4H7O5P. The highest BCUT2D eigenvalue weighted by atomic mass is 31.1. The summed E-state index contributed by atoms with van der Waals surface area (Å²) in [7, 11) is -0.958. The molecule has 5 nitrogen and oxygen atoms in total. The van der Waals surface area contributed by atoms with Gasteiger partial charge in [0, 0.05) is 7.11 Å². The Morgan fingerprint density at radius 2 is 2.50 bits per heavy atom. The SMILES string of the molecule is CO[PH](=O)C1COC(=O)O1. The van der Waals surface area contributed by atoms with Gasteiger partial charge in [0.05, 0.1) is 0 Å². The molecule has 0 radical (unpaired) electrons. The maximum Gasteiger partial charge on any atom is 0.509 e. The molecular weight excluding hydrogens is 159 g/mol. The third-order valence-electron chi connectivity index (χ3n) is 1.06. The summed E-state index contributed by atoms with van der Waals surface area (Å²) in [5, 5.41) is 0. The Morgan fingerprint density at radius 1 is 1.80 bits per heavy atom. The number of hydrogen-bond acceptors (Lipinski definition) is 5. The third kappa shape index (κ3) is 1.49. The van der Waals surface area contributed by atoms with Crippen LogP contribution in [0.25, 0.3) is 0 Å². The molecule has 0 saturated carbocycles. The van der Waals surface area contributed by atoms with Crippen LogP contribution in [0.3, 0.4) is 0 Å². The van der Waals surface area contributed by atoms with Gasteiger partial charge in [0.15, 0.2) is 0 Å². The molecule has 0 N–H and O–H groups in total. The molecule has 0 aromatic rings. The lowest BCUT2D eigenvalue weighted by Crippen LogP contribution is -2.03. The average Bonchev–Trinajstić information content (AvgIpc) is 2.34. The zero-order valence-electron chi connectivity index (χ0n) is 5.33. The standard InChI is InChI=1S/C4H7O5P/c1-7-10(6)3-2-8-4(5)9-3/h3,10H,2H2,1H3. The summed E-state index contributed by atoms with van der Waals surface area (Å²) in [6.45, 7) is 0.0322. The molecule has 0 aromatic heterocycles. The van der Waals surface area contributed by atoms with Crippen LogP contribution in [0, 0.1) is 0 Å². The zero-order chi connectivity index (χ0) is 7.56. The van der Waals surface area contributed by atoms with Crippen molar-refractivity contribution < 1.29 is 23.4 Å². The van der Waals surface area contributed by atoms with Gasteiger partial charge in [-0.05, 0) is 0 Å². The van der Waals surface area contributed by atoms with Gasteiger partial charge in [0.2, 0.25) is 13.9 Å². The molecule has 1 rings (SSSR count). The monoisotopic (exact) mass is 166 g/mol. The topological polar surface area (TPSA) is 61.8 Å². The van der Waals surface area contributed by atoms with E-state index in [0.29, 0.717) is 0 Å². The summed E-state index contributed by atoms with van der Waals surface area (Å²) >= 11 is 0. The maximum absolute atomic E-state index is 10.8. The summed E-state index contributed by atoms with van der Waals surface area (Å²) < 4.78 is 24.1. The molecule has 10 heavy (non-hydrogen) atoms. The minimum atomic E-state index is -2.26. The quantitative estimate of drug-likeness (QED) is 0.444. The van der Waals surface area contributed by atoms with E-state index in [4.69, 9.17) is 0 Å². The summed E-state index contributed by atoms with van der Waals surface area (Å²) in [6.07, 6.45) is -0.777. The van der Waals surface area contributed by atoms with Crippen LogP contribution in [-0.2, 0) is 18.6 Å². The Balaban J connectivity index is 2.44. The third-order valence-corrected chi connectivity index (χ3v) is 2.27. The minimum Gasteiger partial charge on any atom is -0.430 e. The van der Waals surface area contributed by atoms with Gasteiger partial charge < -0.3 is 14.0 Å². The minimum absolute atomic E-state index is 0.0322. The van der Waals surface area contributed by atoms with Crippen LogP contribution in [0.1, 0.15) is 0 Å². The van der Waals surface area contributed by atoms with Gasteiger partial charge >= 0.3 is 6.16 Å². The molecule has 0 aliphatic carbocycles. The highest BCUT2D eigenvalue weighted by Gasteiger charge is 2.29. The van der Waals surface area contributed by atoms with Gasteiger partial charge in [-0.2, -0.15) is 0 Å². The second-order valence-corrected chi connectivity index (χ2v) is 3.38. The van der Waals surface area contributed by atoms with Crippen molar-refractivity contribution in [1.82, 2.24) is 0 Å². The first kappa shape index (κ1) is 7.57. The average molecular weight is 166 g/mol. The van der Waals surface area contributed by atoms with Crippen molar-refractivity contribution in [2.45, 2.75) is 5.85 Å². The van der Waals surface area contributed by atoms with Gasteiger partial charge in [0.1, 0.15) is 6.61 Å². The van der Waals surface area contributed by atoms with Crippen molar-refractivity contribution in [2.24, 2.45) is 0 Å². The molecule has 1 aliphatic rings. The molecule has 1 aliphatic heterocycles. The van der Waals surface area contributed by atoms with E-state index in [0.717, 1.165) is 0 Å². The maximum atomic E-state index is 10.8. The number of carbonyl (C=O) groups is 1. The Morgan fingerprint density at radius 3 is 2.90 bits per heavy atom. The van der Waals surface area contributed by atoms with Crippen molar-refractivity contribution in [3.63, 3.8) is 0 Å². The molecule has 1 fully saturated rings. The van der Waals surface area contributed by atoms with Crippen LogP contribution in [0.5, 0.6) is 0 Å². The Bertz CT molecular complexity index is 167. The predicted octanol–water partition coefficient (Wildman–Crippen LogP) is 0.600. The first-order valence-corrected chi connectivity index (χ1v) is 4.04. The largest absolute Gasteiger partial charge is 0.509 e. The van der Waals surface area contributed by atoms with Crippen molar-refractivity contribution >= 4 is 14.2 Å². The van der Waals surface area contributed by atoms with Crippen molar-refractivity contribution in [3.05, 3.63) is 0 Å². The first-order valence-electron chi connectivity index (χ1n) is 2.65. The second-order valence-electron chi connectivity index (χ2n) is 1.69. The van der Waals surface area contributed by atoms with E-state index >= 15 is 0 Å². The fourth-order valence-corrected chi connectivity index (χ4v) is 1.25. The van der Waals surface area contributed by atoms with E-state index in [1.54, 1.807) is 0 Å². The Hall–Kier alpha value is -0.540. The van der Waals surface area contributed by atoms with Gasteiger partial charge in [-0.3, -0.25) is 4.57 Å². The first-order chi connectivity index (χ1) is 4.74. The fourth-order valence-electron chi connectivity index (χ4n) is 0.576. The van der Waals surface area contributed by atoms with E-state index in [2.05, 4.69) is 14.0 Å². The van der Waals surface area contributed by atoms with Crippen LogP contribution >= 0.6 is 8.03 Å². The number of hydrogen-bond donors (Lipinski definition) is 0. The van der Waals surface area contributed by atoms with Crippen LogP contribution in [-0.4, -0.2) is 25.7 Å². The number of rotatable bonds is 2. The van der Waals surface area contributed by atoms with Gasteiger partial charge in [-0.1, -0.05) is 0 Å². The smallest absolute Gasteiger partial charge is 0.430 e. The molecule has 2 unspecified atom stereocenters. The Labute approximate surface area is 58.1 Å². The van der Waals surface area contributed by atoms with E-state index in [9.17, 15) is 9.36 Å². The fraction of sp³-hybridized carbons (Fsp3) is 0.750. The van der Waals surface area contributed by atoms with Gasteiger partial charge in [-0.25, -0.2) is 4.79 Å². The lowest BCUT2D eigenvalue weighted by atomic mass is 10.8. The van der Waals surface area contributed by atoms with Crippen molar-refractivity contribution in [2.75, 3.05) is 13.7 Å². The van der Waals surface area contributed by atoms with Crippen LogP contribution in [0.4, 0.5) is 4.79 Å². The van der Waals surface area contributed by atoms with E-state index in [1.165, 1.54) is 7.11 Å². The molecule has 0 spiro atoms. The zero-order valence-corrected chi connectivity index (χ0v) is 6.33. The predicted molar refractivity (Wildman–Crippen MR) is 32.2 cm³/mol. The van der Waals surface area contributed by atoms with Crippen LogP contribution < -0.4 is 0 Å². The highest BCUT2D eigenvalue weighted by Crippen LogP contribution is 2.32. The molecule has 1 saturated heterocycles. The van der Waals surface area contributed by atoms with Crippen LogP contribution in [0.15, 0.2) is 0 Å². The molecule has 0 amide bonds. The molecule has 0 bridgehead atoms.